The van der Waals surface area contributed by atoms with Crippen molar-refractivity contribution in [2.75, 3.05) is 31.3 Å². The number of hydrogen-bond donors (Lipinski definition) is 0. The Hall–Kier alpha value is -1.04. The molecule has 1 amide bonds. The Bertz CT molecular complexity index is 540. The van der Waals surface area contributed by atoms with Crippen LogP contribution in [0, 0.1) is 0 Å². The van der Waals surface area contributed by atoms with E-state index in [-0.39, 0.29) is 5.91 Å². The first kappa shape index (κ1) is 14.9. The van der Waals surface area contributed by atoms with E-state index in [9.17, 15) is 4.79 Å². The summed E-state index contributed by atoms with van der Waals surface area (Å²) in [5.74, 6) is 2.39. The van der Waals surface area contributed by atoms with E-state index in [0.29, 0.717) is 24.5 Å². The van der Waals surface area contributed by atoms with E-state index in [1.807, 2.05) is 36.0 Å². The normalized spacial score (nSPS) is 20.5. The monoisotopic (exact) mass is 323 g/mol. The lowest BCUT2D eigenvalue weighted by atomic mass is 10.0. The molecule has 0 bridgehead atoms. The van der Waals surface area contributed by atoms with Gasteiger partial charge in [0, 0.05) is 42.5 Å². The van der Waals surface area contributed by atoms with E-state index in [1.165, 1.54) is 0 Å². The van der Waals surface area contributed by atoms with Gasteiger partial charge in [-0.05, 0) is 17.7 Å². The maximum Gasteiger partial charge on any atom is 0.244 e. The second-order valence-corrected chi connectivity index (χ2v) is 6.88. The average molecular weight is 324 g/mol. The molecule has 0 atom stereocenters. The molecule has 2 heterocycles. The van der Waals surface area contributed by atoms with Crippen molar-refractivity contribution in [1.82, 2.24) is 9.91 Å². The first-order valence-electron chi connectivity index (χ1n) is 7.16. The molecule has 0 aliphatic carbocycles. The van der Waals surface area contributed by atoms with Crippen LogP contribution in [-0.4, -0.2) is 52.8 Å². The highest BCUT2D eigenvalue weighted by Crippen LogP contribution is 2.18. The third-order valence-electron chi connectivity index (χ3n) is 3.72. The van der Waals surface area contributed by atoms with Gasteiger partial charge in [0.25, 0.3) is 0 Å². The van der Waals surface area contributed by atoms with Gasteiger partial charge in [-0.15, -0.1) is 0 Å². The van der Waals surface area contributed by atoms with Gasteiger partial charge >= 0.3 is 0 Å². The molecule has 1 aromatic rings. The summed E-state index contributed by atoms with van der Waals surface area (Å²) in [4.78, 5) is 14.4. The molecule has 3 rings (SSSR count). The maximum atomic E-state index is 12.1. The number of nitrogens with zero attached hydrogens (tertiary/aromatic N) is 3. The molecule has 2 aliphatic rings. The Morgan fingerprint density at radius 2 is 1.86 bits per heavy atom. The van der Waals surface area contributed by atoms with Crippen LogP contribution in [-0.2, 0) is 4.79 Å². The smallest absolute Gasteiger partial charge is 0.244 e. The van der Waals surface area contributed by atoms with Crippen molar-refractivity contribution < 1.29 is 4.79 Å². The molecular formula is C15H18ClN3OS. The minimum Gasteiger partial charge on any atom is -0.283 e. The van der Waals surface area contributed by atoms with Gasteiger partial charge in [0.1, 0.15) is 0 Å². The number of rotatable bonds is 3. The molecule has 4 nitrogen and oxygen atoms in total. The SMILES string of the molecule is O=C1CCC(c2ccc(Cl)cc2)=NN1CN1CCSCC1. The van der Waals surface area contributed by atoms with Gasteiger partial charge in [-0.3, -0.25) is 9.69 Å². The lowest BCUT2D eigenvalue weighted by molar-refractivity contribution is -0.133. The van der Waals surface area contributed by atoms with Crippen LogP contribution in [0.15, 0.2) is 29.4 Å². The molecule has 2 aliphatic heterocycles. The maximum absolute atomic E-state index is 12.1. The van der Waals surface area contributed by atoms with Crippen LogP contribution in [0.5, 0.6) is 0 Å². The van der Waals surface area contributed by atoms with Gasteiger partial charge in [0.05, 0.1) is 12.4 Å². The van der Waals surface area contributed by atoms with E-state index in [2.05, 4.69) is 10.0 Å². The van der Waals surface area contributed by atoms with Crippen molar-refractivity contribution in [3.8, 4) is 0 Å². The molecule has 1 saturated heterocycles. The topological polar surface area (TPSA) is 35.9 Å². The molecule has 0 unspecified atom stereocenters. The van der Waals surface area contributed by atoms with Crippen molar-refractivity contribution in [2.45, 2.75) is 12.8 Å². The minimum absolute atomic E-state index is 0.117. The molecule has 0 saturated carbocycles. The average Bonchev–Trinajstić information content (AvgIpc) is 2.51. The summed E-state index contributed by atoms with van der Waals surface area (Å²) >= 11 is 7.89. The molecule has 0 spiro atoms. The van der Waals surface area contributed by atoms with E-state index >= 15 is 0 Å². The quantitative estimate of drug-likeness (QED) is 0.858. The second-order valence-electron chi connectivity index (χ2n) is 5.22. The lowest BCUT2D eigenvalue weighted by Crippen LogP contribution is -2.44. The van der Waals surface area contributed by atoms with Crippen molar-refractivity contribution in [3.63, 3.8) is 0 Å². The van der Waals surface area contributed by atoms with Crippen LogP contribution in [0.1, 0.15) is 18.4 Å². The molecule has 0 N–H and O–H groups in total. The first-order valence-corrected chi connectivity index (χ1v) is 8.69. The summed E-state index contributed by atoms with van der Waals surface area (Å²) in [5.41, 5.74) is 2.02. The fraction of sp³-hybridized carbons (Fsp3) is 0.467. The number of halogens is 1. The van der Waals surface area contributed by atoms with Crippen LogP contribution < -0.4 is 0 Å². The highest BCUT2D eigenvalue weighted by molar-refractivity contribution is 7.99. The lowest BCUT2D eigenvalue weighted by Gasteiger charge is -2.32. The zero-order chi connectivity index (χ0) is 14.7. The minimum atomic E-state index is 0.117. The summed E-state index contributed by atoms with van der Waals surface area (Å²) in [6.07, 6.45) is 1.23. The molecule has 112 valence electrons. The Labute approximate surface area is 134 Å². The van der Waals surface area contributed by atoms with Gasteiger partial charge in [-0.1, -0.05) is 23.7 Å². The van der Waals surface area contributed by atoms with E-state index in [4.69, 9.17) is 11.6 Å². The van der Waals surface area contributed by atoms with Crippen LogP contribution in [0.4, 0.5) is 0 Å². The van der Waals surface area contributed by atoms with Gasteiger partial charge in [0.15, 0.2) is 0 Å². The Morgan fingerprint density at radius 1 is 1.14 bits per heavy atom. The number of carbonyl (C=O) groups excluding carboxylic acids is 1. The molecule has 1 aromatic carbocycles. The summed E-state index contributed by atoms with van der Waals surface area (Å²) in [5, 5.41) is 6.91. The fourth-order valence-electron chi connectivity index (χ4n) is 2.49. The van der Waals surface area contributed by atoms with Crippen LogP contribution in [0.3, 0.4) is 0 Å². The Kier molecular flexibility index (Phi) is 4.83. The van der Waals surface area contributed by atoms with Gasteiger partial charge in [-0.25, -0.2) is 5.01 Å². The number of amides is 1. The molecule has 1 fully saturated rings. The zero-order valence-electron chi connectivity index (χ0n) is 11.8. The van der Waals surface area contributed by atoms with Gasteiger partial charge in [-0.2, -0.15) is 16.9 Å². The van der Waals surface area contributed by atoms with Crippen LogP contribution >= 0.6 is 23.4 Å². The largest absolute Gasteiger partial charge is 0.283 e. The van der Waals surface area contributed by atoms with Crippen molar-refractivity contribution >= 4 is 35.0 Å². The second kappa shape index (κ2) is 6.81. The molecule has 0 aromatic heterocycles. The Balaban J connectivity index is 1.74. The molecule has 21 heavy (non-hydrogen) atoms. The van der Waals surface area contributed by atoms with Gasteiger partial charge < -0.3 is 0 Å². The predicted molar refractivity (Wildman–Crippen MR) is 87.8 cm³/mol. The summed E-state index contributed by atoms with van der Waals surface area (Å²) < 4.78 is 0. The number of carbonyl (C=O) groups is 1. The van der Waals surface area contributed by atoms with E-state index in [1.54, 1.807) is 5.01 Å². The third-order valence-corrected chi connectivity index (χ3v) is 4.91. The first-order chi connectivity index (χ1) is 10.2. The summed E-state index contributed by atoms with van der Waals surface area (Å²) in [7, 11) is 0. The van der Waals surface area contributed by atoms with Crippen molar-refractivity contribution in [2.24, 2.45) is 5.10 Å². The highest BCUT2D eigenvalue weighted by atomic mass is 35.5. The van der Waals surface area contributed by atoms with Crippen molar-refractivity contribution in [3.05, 3.63) is 34.9 Å². The Morgan fingerprint density at radius 3 is 2.57 bits per heavy atom. The number of hydrogen-bond acceptors (Lipinski definition) is 4. The summed E-state index contributed by atoms with van der Waals surface area (Å²) in [6.45, 7) is 2.66. The fourth-order valence-corrected chi connectivity index (χ4v) is 3.60. The molecule has 0 radical (unpaired) electrons. The van der Waals surface area contributed by atoms with Gasteiger partial charge in [0.2, 0.25) is 5.91 Å². The third kappa shape index (κ3) is 3.78. The standard InChI is InChI=1S/C15H18ClN3OS/c16-13-3-1-12(2-4-13)14-5-6-15(20)19(17-14)11-18-7-9-21-10-8-18/h1-4H,5-11H2. The predicted octanol–water partition coefficient (Wildman–Crippen LogP) is 2.67. The van der Waals surface area contributed by atoms with Crippen LogP contribution in [0.25, 0.3) is 0 Å². The zero-order valence-corrected chi connectivity index (χ0v) is 13.4. The number of thioether (sulfide) groups is 1. The number of benzene rings is 1. The molecular weight excluding hydrogens is 306 g/mol. The molecule has 6 heteroatoms. The van der Waals surface area contributed by atoms with Crippen LogP contribution in [0.2, 0.25) is 5.02 Å². The summed E-state index contributed by atoms with van der Waals surface area (Å²) in [6, 6.07) is 7.66. The number of hydrazone groups is 1. The highest BCUT2D eigenvalue weighted by Gasteiger charge is 2.23. The van der Waals surface area contributed by atoms with Crippen molar-refractivity contribution in [1.29, 1.82) is 0 Å². The van der Waals surface area contributed by atoms with E-state index < -0.39 is 0 Å². The van der Waals surface area contributed by atoms with E-state index in [0.717, 1.165) is 35.9 Å².